The Hall–Kier alpha value is -0.500. The van der Waals surface area contributed by atoms with Gasteiger partial charge in [-0.25, -0.2) is 0 Å². The highest BCUT2D eigenvalue weighted by atomic mass is 15.1. The number of nitrogens with zero attached hydrogens (tertiary/aromatic N) is 1. The fraction of sp³-hybridized carbons (Fsp3) is 0.867. The summed E-state index contributed by atoms with van der Waals surface area (Å²) in [7, 11) is 4.24. The van der Waals surface area contributed by atoms with Crippen molar-refractivity contribution < 1.29 is 0 Å². The monoisotopic (exact) mass is 240 g/mol. The van der Waals surface area contributed by atoms with E-state index in [-0.39, 0.29) is 5.41 Å². The zero-order valence-electron chi connectivity index (χ0n) is 12.7. The van der Waals surface area contributed by atoms with Gasteiger partial charge in [0.05, 0.1) is 0 Å². The van der Waals surface area contributed by atoms with Crippen LogP contribution < -0.4 is 5.73 Å². The van der Waals surface area contributed by atoms with Gasteiger partial charge in [0.25, 0.3) is 0 Å². The summed E-state index contributed by atoms with van der Waals surface area (Å²) in [6, 6.07) is 0. The third kappa shape index (κ3) is 5.58. The molecule has 2 nitrogen and oxygen atoms in total. The van der Waals surface area contributed by atoms with Crippen LogP contribution >= 0.6 is 0 Å². The smallest absolute Gasteiger partial charge is 0.0165 e. The van der Waals surface area contributed by atoms with Crippen molar-refractivity contribution in [2.24, 2.45) is 17.1 Å². The Bertz CT molecular complexity index is 229. The normalized spacial score (nSPS) is 14.9. The zero-order valence-corrected chi connectivity index (χ0v) is 12.7. The van der Waals surface area contributed by atoms with E-state index in [1.54, 1.807) is 0 Å². The van der Waals surface area contributed by atoms with Gasteiger partial charge >= 0.3 is 0 Å². The van der Waals surface area contributed by atoms with Crippen molar-refractivity contribution in [2.45, 2.75) is 53.4 Å². The summed E-state index contributed by atoms with van der Waals surface area (Å²) in [5.74, 6) is 0.693. The summed E-state index contributed by atoms with van der Waals surface area (Å²) in [6.45, 7) is 9.69. The van der Waals surface area contributed by atoms with Gasteiger partial charge in [-0.05, 0) is 18.8 Å². The molecule has 0 heterocycles. The maximum Gasteiger partial charge on any atom is 0.0165 e. The van der Waals surface area contributed by atoms with Gasteiger partial charge in [0.15, 0.2) is 0 Å². The molecule has 0 aliphatic rings. The highest BCUT2D eigenvalue weighted by molar-refractivity contribution is 5.12. The van der Waals surface area contributed by atoms with Crippen molar-refractivity contribution in [1.82, 2.24) is 4.90 Å². The Morgan fingerprint density at radius 2 is 1.88 bits per heavy atom. The van der Waals surface area contributed by atoms with Crippen LogP contribution in [0.15, 0.2) is 11.8 Å². The molecule has 0 fully saturated rings. The Morgan fingerprint density at radius 3 is 2.24 bits per heavy atom. The molecule has 0 amide bonds. The van der Waals surface area contributed by atoms with Gasteiger partial charge in [0.2, 0.25) is 0 Å². The van der Waals surface area contributed by atoms with E-state index >= 15 is 0 Å². The maximum absolute atomic E-state index is 5.89. The molecule has 0 radical (unpaired) electrons. The van der Waals surface area contributed by atoms with E-state index in [1.807, 2.05) is 0 Å². The summed E-state index contributed by atoms with van der Waals surface area (Å²) >= 11 is 0. The molecule has 0 bridgehead atoms. The molecule has 0 spiro atoms. The molecule has 0 aliphatic carbocycles. The minimum absolute atomic E-state index is 0.0726. The van der Waals surface area contributed by atoms with Crippen LogP contribution in [0.5, 0.6) is 0 Å². The molecule has 1 atom stereocenters. The van der Waals surface area contributed by atoms with Crippen molar-refractivity contribution in [3.8, 4) is 0 Å². The number of hydrogen-bond donors (Lipinski definition) is 1. The lowest BCUT2D eigenvalue weighted by atomic mass is 9.85. The molecular formula is C15H32N2. The van der Waals surface area contributed by atoms with Crippen molar-refractivity contribution in [1.29, 1.82) is 0 Å². The topological polar surface area (TPSA) is 29.3 Å². The number of nitrogens with two attached hydrogens (primary N) is 1. The quantitative estimate of drug-likeness (QED) is 0.702. The van der Waals surface area contributed by atoms with Gasteiger partial charge in [-0.2, -0.15) is 0 Å². The molecule has 2 N–H and O–H groups in total. The van der Waals surface area contributed by atoms with E-state index in [4.69, 9.17) is 5.73 Å². The first-order valence-electron chi connectivity index (χ1n) is 6.98. The fourth-order valence-corrected chi connectivity index (χ4v) is 2.18. The SMILES string of the molecule is CCCCC(C=C(N(C)C)C(C)(C)CN)CC. The second-order valence-corrected chi connectivity index (χ2v) is 5.84. The molecule has 0 aromatic heterocycles. The van der Waals surface area contributed by atoms with Crippen LogP contribution in [0.25, 0.3) is 0 Å². The van der Waals surface area contributed by atoms with Crippen molar-refractivity contribution in [2.75, 3.05) is 20.6 Å². The Balaban J connectivity index is 4.89. The van der Waals surface area contributed by atoms with Gasteiger partial charge in [0.1, 0.15) is 0 Å². The average Bonchev–Trinajstić information content (AvgIpc) is 2.28. The van der Waals surface area contributed by atoms with Crippen LogP contribution in [0.1, 0.15) is 53.4 Å². The van der Waals surface area contributed by atoms with E-state index < -0.39 is 0 Å². The lowest BCUT2D eigenvalue weighted by Gasteiger charge is -2.33. The fourth-order valence-electron chi connectivity index (χ4n) is 2.18. The first kappa shape index (κ1) is 16.5. The van der Waals surface area contributed by atoms with Crippen LogP contribution in [-0.2, 0) is 0 Å². The van der Waals surface area contributed by atoms with E-state index in [9.17, 15) is 0 Å². The number of unbranched alkanes of at least 4 members (excludes halogenated alkanes) is 1. The van der Waals surface area contributed by atoms with Crippen LogP contribution in [0.4, 0.5) is 0 Å². The molecule has 1 unspecified atom stereocenters. The standard InChI is InChI=1S/C15H32N2/c1-7-9-10-13(8-2)11-14(17(5)6)15(3,4)12-16/h11,13H,7-10,12,16H2,1-6H3. The summed E-state index contributed by atoms with van der Waals surface area (Å²) in [5, 5.41) is 0. The van der Waals surface area contributed by atoms with E-state index in [1.165, 1.54) is 31.4 Å². The van der Waals surface area contributed by atoms with Gasteiger partial charge in [-0.15, -0.1) is 0 Å². The predicted octanol–water partition coefficient (Wildman–Crippen LogP) is 3.63. The van der Waals surface area contributed by atoms with Crippen molar-refractivity contribution in [3.05, 3.63) is 11.8 Å². The minimum atomic E-state index is 0.0726. The molecular weight excluding hydrogens is 208 g/mol. The third-order valence-corrected chi connectivity index (χ3v) is 3.53. The average molecular weight is 240 g/mol. The largest absolute Gasteiger partial charge is 0.381 e. The summed E-state index contributed by atoms with van der Waals surface area (Å²) in [5.41, 5.74) is 7.35. The summed E-state index contributed by atoms with van der Waals surface area (Å²) in [6.07, 6.45) is 7.56. The first-order chi connectivity index (χ1) is 7.88. The van der Waals surface area contributed by atoms with Gasteiger partial charge in [0, 0.05) is 31.8 Å². The van der Waals surface area contributed by atoms with Crippen molar-refractivity contribution >= 4 is 0 Å². The highest BCUT2D eigenvalue weighted by Crippen LogP contribution is 2.29. The molecule has 102 valence electrons. The molecule has 0 aliphatic heterocycles. The van der Waals surface area contributed by atoms with Crippen LogP contribution in [0, 0.1) is 11.3 Å². The molecule has 0 saturated carbocycles. The third-order valence-electron chi connectivity index (χ3n) is 3.53. The van der Waals surface area contributed by atoms with Crippen LogP contribution in [0.3, 0.4) is 0 Å². The van der Waals surface area contributed by atoms with Crippen LogP contribution in [-0.4, -0.2) is 25.5 Å². The number of allylic oxidation sites excluding steroid dienone is 1. The Morgan fingerprint density at radius 1 is 1.29 bits per heavy atom. The molecule has 0 aromatic carbocycles. The molecule has 0 aromatic rings. The lowest BCUT2D eigenvalue weighted by Crippen LogP contribution is -2.33. The van der Waals surface area contributed by atoms with Crippen molar-refractivity contribution in [3.63, 3.8) is 0 Å². The van der Waals surface area contributed by atoms with Gasteiger partial charge in [-0.3, -0.25) is 0 Å². The minimum Gasteiger partial charge on any atom is -0.381 e. The van der Waals surface area contributed by atoms with Crippen LogP contribution in [0.2, 0.25) is 0 Å². The Labute approximate surface area is 108 Å². The molecule has 0 saturated heterocycles. The lowest BCUT2D eigenvalue weighted by molar-refractivity contribution is 0.326. The molecule has 17 heavy (non-hydrogen) atoms. The van der Waals surface area contributed by atoms with Gasteiger partial charge < -0.3 is 10.6 Å². The van der Waals surface area contributed by atoms with E-state index in [0.29, 0.717) is 12.5 Å². The molecule has 2 heteroatoms. The zero-order chi connectivity index (χ0) is 13.5. The van der Waals surface area contributed by atoms with E-state index in [0.717, 1.165) is 0 Å². The summed E-state index contributed by atoms with van der Waals surface area (Å²) in [4.78, 5) is 2.22. The predicted molar refractivity (Wildman–Crippen MR) is 77.9 cm³/mol. The first-order valence-corrected chi connectivity index (χ1v) is 6.98. The van der Waals surface area contributed by atoms with E-state index in [2.05, 4.69) is 52.8 Å². The Kier molecular flexibility index (Phi) is 7.53. The van der Waals surface area contributed by atoms with Gasteiger partial charge in [-0.1, -0.05) is 46.6 Å². The highest BCUT2D eigenvalue weighted by Gasteiger charge is 2.24. The number of hydrogen-bond acceptors (Lipinski definition) is 2. The number of rotatable bonds is 8. The second-order valence-electron chi connectivity index (χ2n) is 5.84. The maximum atomic E-state index is 5.89. The summed E-state index contributed by atoms with van der Waals surface area (Å²) < 4.78 is 0. The molecule has 0 rings (SSSR count). The second kappa shape index (κ2) is 7.75.